The Morgan fingerprint density at radius 2 is 0.667 bits per heavy atom. The maximum Gasteiger partial charge on any atom is 0.505 e. The summed E-state index contributed by atoms with van der Waals surface area (Å²) < 4.78 is 28.8. The molecule has 0 saturated carbocycles. The summed E-state index contributed by atoms with van der Waals surface area (Å²) in [5.74, 6) is 1.15. The van der Waals surface area contributed by atoms with E-state index in [1.165, 1.54) is 11.1 Å². The van der Waals surface area contributed by atoms with Gasteiger partial charge in [0.2, 0.25) is 0 Å². The van der Waals surface area contributed by atoms with Crippen LogP contribution in [0.2, 0.25) is 0 Å². The molecule has 48 heavy (non-hydrogen) atoms. The molecular formula is C44H74FO2P. The van der Waals surface area contributed by atoms with Crippen molar-refractivity contribution in [3.8, 4) is 11.5 Å². The lowest BCUT2D eigenvalue weighted by atomic mass is 9.68. The maximum atomic E-state index is 16.3. The van der Waals surface area contributed by atoms with E-state index in [1.54, 1.807) is 0 Å². The summed E-state index contributed by atoms with van der Waals surface area (Å²) in [6.45, 7) is 45.6. The van der Waals surface area contributed by atoms with Gasteiger partial charge in [-0.15, -0.1) is 4.20 Å². The van der Waals surface area contributed by atoms with Crippen molar-refractivity contribution in [1.29, 1.82) is 0 Å². The highest BCUT2D eigenvalue weighted by atomic mass is 31.2. The molecule has 0 aliphatic heterocycles. The van der Waals surface area contributed by atoms with Crippen molar-refractivity contribution in [2.45, 2.75) is 186 Å². The molecule has 4 heteroatoms. The van der Waals surface area contributed by atoms with E-state index >= 15 is 4.20 Å². The van der Waals surface area contributed by atoms with E-state index in [9.17, 15) is 0 Å². The van der Waals surface area contributed by atoms with Gasteiger partial charge in [0.05, 0.1) is 0 Å². The molecule has 0 aromatic heterocycles. The second kappa shape index (κ2) is 14.2. The molecule has 0 heterocycles. The summed E-state index contributed by atoms with van der Waals surface area (Å²) >= 11 is 0. The van der Waals surface area contributed by atoms with Crippen molar-refractivity contribution in [3.05, 3.63) is 58.7 Å². The molecule has 0 N–H and O–H groups in total. The first-order valence-electron chi connectivity index (χ1n) is 18.2. The van der Waals surface area contributed by atoms with Crippen molar-refractivity contribution in [2.24, 2.45) is 21.7 Å². The molecule has 0 spiro atoms. The van der Waals surface area contributed by atoms with E-state index in [0.29, 0.717) is 11.5 Å². The fourth-order valence-corrected chi connectivity index (χ4v) is 9.66. The quantitative estimate of drug-likeness (QED) is 0.207. The number of rotatable bonds is 12. The standard InChI is InChI=1S/C44H74FO2P/c1-37(2,3)27-41(13,14)31-21-23-35(33(25-31)43(17,18)29-39(7,8)9)46-48(45)47-36-24-22-32(42(15,16)28-38(4,5)6)26-34(36)44(19,20)30-40(10,11)12/h21-26H,27-30H2,1-20H3. The molecule has 2 nitrogen and oxygen atoms in total. The van der Waals surface area contributed by atoms with Gasteiger partial charge in [0.25, 0.3) is 0 Å². The summed E-state index contributed by atoms with van der Waals surface area (Å²) in [5, 5.41) is 0. The van der Waals surface area contributed by atoms with Gasteiger partial charge in [-0.05, 0) is 92.3 Å². The molecule has 2 rings (SSSR count). The molecule has 0 radical (unpaired) electrons. The van der Waals surface area contributed by atoms with Crippen LogP contribution in [0.25, 0.3) is 0 Å². The van der Waals surface area contributed by atoms with Gasteiger partial charge in [0.15, 0.2) is 0 Å². The van der Waals surface area contributed by atoms with Crippen molar-refractivity contribution in [3.63, 3.8) is 0 Å². The largest absolute Gasteiger partial charge is 0.505 e. The van der Waals surface area contributed by atoms with Crippen LogP contribution in [0.4, 0.5) is 4.20 Å². The third kappa shape index (κ3) is 12.9. The van der Waals surface area contributed by atoms with Crippen LogP contribution in [0, 0.1) is 21.7 Å². The zero-order valence-corrected chi connectivity index (χ0v) is 35.8. The molecule has 0 unspecified atom stereocenters. The molecule has 0 fully saturated rings. The van der Waals surface area contributed by atoms with E-state index < -0.39 is 8.69 Å². The van der Waals surface area contributed by atoms with Crippen LogP contribution in [0.1, 0.15) is 186 Å². The normalized spacial score (nSPS) is 14.5. The summed E-state index contributed by atoms with van der Waals surface area (Å²) in [6.07, 6.45) is 3.94. The Hall–Kier alpha value is -1.60. The average molecular weight is 685 g/mol. The van der Waals surface area contributed by atoms with Gasteiger partial charge < -0.3 is 9.05 Å². The summed E-state index contributed by atoms with van der Waals surface area (Å²) in [6, 6.07) is 12.8. The number of hydrogen-bond donors (Lipinski definition) is 0. The van der Waals surface area contributed by atoms with Crippen molar-refractivity contribution >= 4 is 8.69 Å². The summed E-state index contributed by atoms with van der Waals surface area (Å²) in [4.78, 5) is 0. The maximum absolute atomic E-state index is 16.3. The zero-order valence-electron chi connectivity index (χ0n) is 34.9. The summed E-state index contributed by atoms with van der Waals surface area (Å²) in [5.41, 5.74) is 4.55. The minimum Gasteiger partial charge on any atom is -0.414 e. The second-order valence-corrected chi connectivity index (χ2v) is 23.1. The fourth-order valence-electron chi connectivity index (χ4n) is 8.99. The fraction of sp³-hybridized carbons (Fsp3) is 0.727. The Morgan fingerprint density at radius 3 is 0.917 bits per heavy atom. The average Bonchev–Trinajstić information content (AvgIpc) is 2.78. The predicted molar refractivity (Wildman–Crippen MR) is 211 cm³/mol. The van der Waals surface area contributed by atoms with Crippen LogP contribution >= 0.6 is 8.69 Å². The zero-order chi connectivity index (χ0) is 37.5. The van der Waals surface area contributed by atoms with E-state index in [4.69, 9.17) is 9.05 Å². The lowest BCUT2D eigenvalue weighted by molar-refractivity contribution is 0.275. The Bertz CT molecular complexity index is 1270. The first kappa shape index (κ1) is 42.6. The lowest BCUT2D eigenvalue weighted by Gasteiger charge is -2.37. The first-order chi connectivity index (χ1) is 21.1. The first-order valence-corrected chi connectivity index (χ1v) is 19.3. The van der Waals surface area contributed by atoms with Gasteiger partial charge in [-0.1, -0.05) is 163 Å². The van der Waals surface area contributed by atoms with Crippen molar-refractivity contribution in [2.75, 3.05) is 0 Å². The SMILES string of the molecule is CC(C)(C)CC(C)(C)c1ccc(OP(F)Oc2ccc(C(C)(C)CC(C)(C)C)cc2C(C)(C)CC(C)(C)C)c(C(C)(C)CC(C)(C)C)c1. The highest BCUT2D eigenvalue weighted by molar-refractivity contribution is 7.42. The topological polar surface area (TPSA) is 18.5 Å². The van der Waals surface area contributed by atoms with Crippen LogP contribution in [-0.4, -0.2) is 0 Å². The monoisotopic (exact) mass is 685 g/mol. The molecule has 0 atom stereocenters. The van der Waals surface area contributed by atoms with E-state index in [0.717, 1.165) is 36.8 Å². The van der Waals surface area contributed by atoms with Gasteiger partial charge in [-0.2, -0.15) is 0 Å². The Balaban J connectivity index is 2.63. The van der Waals surface area contributed by atoms with E-state index in [2.05, 4.69) is 163 Å². The minimum absolute atomic E-state index is 0.0453. The highest BCUT2D eigenvalue weighted by Gasteiger charge is 2.37. The number of hydrogen-bond acceptors (Lipinski definition) is 2. The molecule has 0 aliphatic carbocycles. The smallest absolute Gasteiger partial charge is 0.414 e. The Kier molecular flexibility index (Phi) is 12.6. The number of halogens is 1. The van der Waals surface area contributed by atoms with Crippen LogP contribution < -0.4 is 9.05 Å². The van der Waals surface area contributed by atoms with Crippen LogP contribution in [0.3, 0.4) is 0 Å². The van der Waals surface area contributed by atoms with Gasteiger partial charge in [0.1, 0.15) is 11.5 Å². The second-order valence-electron chi connectivity index (χ2n) is 22.3. The molecule has 2 aromatic rings. The molecule has 0 saturated heterocycles. The third-order valence-corrected chi connectivity index (χ3v) is 9.89. The molecule has 2 aromatic carbocycles. The minimum atomic E-state index is -2.75. The van der Waals surface area contributed by atoms with E-state index in [1.807, 2.05) is 12.1 Å². The van der Waals surface area contributed by atoms with Gasteiger partial charge in [-0.25, -0.2) is 0 Å². The van der Waals surface area contributed by atoms with E-state index in [-0.39, 0.29) is 43.3 Å². The van der Waals surface area contributed by atoms with Gasteiger partial charge in [0, 0.05) is 11.1 Å². The van der Waals surface area contributed by atoms with Crippen molar-refractivity contribution < 1.29 is 13.2 Å². The molecule has 274 valence electrons. The van der Waals surface area contributed by atoms with Crippen LogP contribution in [0.15, 0.2) is 36.4 Å². The van der Waals surface area contributed by atoms with Gasteiger partial charge >= 0.3 is 8.69 Å². The molecule has 0 aliphatic rings. The third-order valence-electron chi connectivity index (χ3n) is 9.21. The molecule has 0 bridgehead atoms. The molecular weight excluding hydrogens is 610 g/mol. The molecule has 0 amide bonds. The highest BCUT2D eigenvalue weighted by Crippen LogP contribution is 2.51. The number of benzene rings is 2. The van der Waals surface area contributed by atoms with Crippen molar-refractivity contribution in [1.82, 2.24) is 0 Å². The predicted octanol–water partition coefficient (Wildman–Crippen LogP) is 15.2. The van der Waals surface area contributed by atoms with Crippen LogP contribution in [0.5, 0.6) is 11.5 Å². The lowest BCUT2D eigenvalue weighted by Crippen LogP contribution is -2.28. The Labute approximate surface area is 298 Å². The Morgan fingerprint density at radius 1 is 0.417 bits per heavy atom. The van der Waals surface area contributed by atoms with Gasteiger partial charge in [-0.3, -0.25) is 0 Å². The van der Waals surface area contributed by atoms with Crippen LogP contribution in [-0.2, 0) is 21.7 Å². The summed E-state index contributed by atoms with van der Waals surface area (Å²) in [7, 11) is -2.75.